The summed E-state index contributed by atoms with van der Waals surface area (Å²) in [4.78, 5) is 25.4. The summed E-state index contributed by atoms with van der Waals surface area (Å²) in [7, 11) is 0. The van der Waals surface area contributed by atoms with Crippen LogP contribution in [0.2, 0.25) is 0 Å². The van der Waals surface area contributed by atoms with Gasteiger partial charge in [-0.05, 0) is 36.3 Å². The summed E-state index contributed by atoms with van der Waals surface area (Å²) in [6, 6.07) is 5.56. The zero-order chi connectivity index (χ0) is 17.1. The average Bonchev–Trinajstić information content (AvgIpc) is 3.08. The van der Waals surface area contributed by atoms with Gasteiger partial charge in [-0.3, -0.25) is 9.59 Å². The number of hydrogen-bond acceptors (Lipinski definition) is 5. The molecule has 0 bridgehead atoms. The van der Waals surface area contributed by atoms with Crippen LogP contribution in [-0.2, 0) is 11.3 Å². The molecule has 1 amide bonds. The molecule has 128 valence electrons. The fraction of sp³-hybridized carbons (Fsp3) is 0.471. The zero-order valence-corrected chi connectivity index (χ0v) is 14.5. The van der Waals surface area contributed by atoms with E-state index in [9.17, 15) is 9.59 Å². The highest BCUT2D eigenvalue weighted by Gasteiger charge is 2.23. The van der Waals surface area contributed by atoms with Gasteiger partial charge in [-0.15, -0.1) is 11.3 Å². The molecule has 3 rings (SSSR count). The Balaban J connectivity index is 1.76. The van der Waals surface area contributed by atoms with Crippen molar-refractivity contribution >= 4 is 22.9 Å². The quantitative estimate of drug-likeness (QED) is 0.888. The maximum absolute atomic E-state index is 12.3. The number of nitrogen functional groups attached to an aromatic ring is 1. The number of carbonyl (C=O) groups excluding carboxylic acids is 1. The molecule has 1 aliphatic carbocycles. The lowest BCUT2D eigenvalue weighted by Crippen LogP contribution is -2.44. The zero-order valence-electron chi connectivity index (χ0n) is 13.7. The first kappa shape index (κ1) is 16.7. The third-order valence-corrected chi connectivity index (χ3v) is 5.42. The third-order valence-electron chi connectivity index (χ3n) is 4.53. The van der Waals surface area contributed by atoms with Crippen molar-refractivity contribution in [1.82, 2.24) is 15.1 Å². The predicted molar refractivity (Wildman–Crippen MR) is 95.8 cm³/mol. The Morgan fingerprint density at radius 2 is 2.25 bits per heavy atom. The van der Waals surface area contributed by atoms with E-state index < -0.39 is 5.56 Å². The summed E-state index contributed by atoms with van der Waals surface area (Å²) in [5.41, 5.74) is 6.10. The van der Waals surface area contributed by atoms with Crippen LogP contribution in [0.5, 0.6) is 0 Å². The fourth-order valence-corrected chi connectivity index (χ4v) is 3.81. The van der Waals surface area contributed by atoms with E-state index in [-0.39, 0.29) is 24.2 Å². The van der Waals surface area contributed by atoms with Gasteiger partial charge in [0.15, 0.2) is 0 Å². The van der Waals surface area contributed by atoms with Crippen molar-refractivity contribution in [1.29, 1.82) is 0 Å². The SMILES string of the molecule is C[C@H]1CCCC[C@@H]1NC(=O)Cn1nc(-c2cccs2)cc(N)c1=O. The standard InChI is InChI=1S/C17H22N4O2S/c1-11-5-2-3-6-13(11)19-16(22)10-21-17(23)12(18)9-14(20-21)15-7-4-8-24-15/h4,7-9,11,13H,2-3,5-6,10,18H2,1H3,(H,19,22)/t11-,13-/m0/s1. The van der Waals surface area contributed by atoms with Gasteiger partial charge < -0.3 is 11.1 Å². The van der Waals surface area contributed by atoms with E-state index >= 15 is 0 Å². The van der Waals surface area contributed by atoms with Crippen molar-refractivity contribution in [3.05, 3.63) is 33.9 Å². The lowest BCUT2D eigenvalue weighted by Gasteiger charge is -2.29. The summed E-state index contributed by atoms with van der Waals surface area (Å²) in [5.74, 6) is 0.279. The largest absolute Gasteiger partial charge is 0.394 e. The molecule has 1 aliphatic rings. The molecule has 7 heteroatoms. The van der Waals surface area contributed by atoms with Crippen LogP contribution in [0.4, 0.5) is 5.69 Å². The number of nitrogens with zero attached hydrogens (tertiary/aromatic N) is 2. The fourth-order valence-electron chi connectivity index (χ4n) is 3.13. The van der Waals surface area contributed by atoms with Crippen LogP contribution in [0, 0.1) is 5.92 Å². The lowest BCUT2D eigenvalue weighted by molar-refractivity contribution is -0.123. The first-order valence-electron chi connectivity index (χ1n) is 8.25. The van der Waals surface area contributed by atoms with Gasteiger partial charge in [-0.2, -0.15) is 5.10 Å². The maximum atomic E-state index is 12.3. The number of rotatable bonds is 4. The molecule has 24 heavy (non-hydrogen) atoms. The molecule has 0 radical (unpaired) electrons. The number of thiophene rings is 1. The summed E-state index contributed by atoms with van der Waals surface area (Å²) >= 11 is 1.51. The van der Waals surface area contributed by atoms with Crippen LogP contribution in [0.25, 0.3) is 10.6 Å². The molecule has 0 spiro atoms. The number of aromatic nitrogens is 2. The Labute approximate surface area is 144 Å². The minimum atomic E-state index is -0.429. The van der Waals surface area contributed by atoms with Gasteiger partial charge in [-0.1, -0.05) is 25.8 Å². The van der Waals surface area contributed by atoms with Gasteiger partial charge in [0.2, 0.25) is 5.91 Å². The van der Waals surface area contributed by atoms with Crippen molar-refractivity contribution < 1.29 is 4.79 Å². The molecule has 2 atom stereocenters. The lowest BCUT2D eigenvalue weighted by atomic mass is 9.86. The van der Waals surface area contributed by atoms with Crippen molar-refractivity contribution in [3.63, 3.8) is 0 Å². The van der Waals surface area contributed by atoms with E-state index in [0.717, 1.165) is 28.8 Å². The van der Waals surface area contributed by atoms with Crippen LogP contribution in [0.3, 0.4) is 0 Å². The van der Waals surface area contributed by atoms with Crippen LogP contribution < -0.4 is 16.6 Å². The molecule has 0 aliphatic heterocycles. The molecule has 0 aromatic carbocycles. The smallest absolute Gasteiger partial charge is 0.290 e. The Hall–Kier alpha value is -2.15. The first-order valence-corrected chi connectivity index (χ1v) is 9.13. The van der Waals surface area contributed by atoms with Gasteiger partial charge in [0.1, 0.15) is 17.9 Å². The molecule has 0 saturated heterocycles. The van der Waals surface area contributed by atoms with Crippen molar-refractivity contribution in [3.8, 4) is 10.6 Å². The Bertz CT molecular complexity index is 769. The number of carbonyl (C=O) groups is 1. The Morgan fingerprint density at radius 3 is 2.96 bits per heavy atom. The summed E-state index contributed by atoms with van der Waals surface area (Å²) < 4.78 is 1.16. The summed E-state index contributed by atoms with van der Waals surface area (Å²) in [6.07, 6.45) is 4.47. The molecule has 2 aromatic heterocycles. The molecule has 1 saturated carbocycles. The number of hydrogen-bond donors (Lipinski definition) is 2. The molecule has 6 nitrogen and oxygen atoms in total. The Morgan fingerprint density at radius 1 is 1.46 bits per heavy atom. The number of nitrogens with two attached hydrogens (primary N) is 1. The monoisotopic (exact) mass is 346 g/mol. The van der Waals surface area contributed by atoms with Crippen LogP contribution >= 0.6 is 11.3 Å². The van der Waals surface area contributed by atoms with E-state index in [1.165, 1.54) is 17.8 Å². The van der Waals surface area contributed by atoms with Crippen LogP contribution in [0.15, 0.2) is 28.4 Å². The van der Waals surface area contributed by atoms with E-state index in [2.05, 4.69) is 17.3 Å². The topological polar surface area (TPSA) is 90.0 Å². The van der Waals surface area contributed by atoms with Gasteiger partial charge in [-0.25, -0.2) is 4.68 Å². The van der Waals surface area contributed by atoms with Gasteiger partial charge >= 0.3 is 0 Å². The van der Waals surface area contributed by atoms with Gasteiger partial charge in [0, 0.05) is 6.04 Å². The second-order valence-electron chi connectivity index (χ2n) is 6.36. The van der Waals surface area contributed by atoms with E-state index in [1.807, 2.05) is 17.5 Å². The molecule has 0 unspecified atom stereocenters. The first-order chi connectivity index (χ1) is 11.5. The van der Waals surface area contributed by atoms with Crippen molar-refractivity contribution in [2.45, 2.75) is 45.2 Å². The van der Waals surface area contributed by atoms with E-state index in [4.69, 9.17) is 5.73 Å². The van der Waals surface area contributed by atoms with Crippen LogP contribution in [-0.4, -0.2) is 21.7 Å². The molecule has 3 N–H and O–H groups in total. The predicted octanol–water partition coefficient (Wildman–Crippen LogP) is 2.25. The van der Waals surface area contributed by atoms with Crippen molar-refractivity contribution in [2.75, 3.05) is 5.73 Å². The number of nitrogens with one attached hydrogen (secondary N) is 1. The summed E-state index contributed by atoms with van der Waals surface area (Å²) in [6.45, 7) is 2.05. The highest BCUT2D eigenvalue weighted by Crippen LogP contribution is 2.24. The third kappa shape index (κ3) is 3.67. The minimum Gasteiger partial charge on any atom is -0.394 e. The second kappa shape index (κ2) is 7.17. The molecular weight excluding hydrogens is 324 g/mol. The highest BCUT2D eigenvalue weighted by molar-refractivity contribution is 7.13. The van der Waals surface area contributed by atoms with Crippen LogP contribution in [0.1, 0.15) is 32.6 Å². The van der Waals surface area contributed by atoms with Gasteiger partial charge in [0.25, 0.3) is 5.56 Å². The normalized spacial score (nSPS) is 20.7. The average molecular weight is 346 g/mol. The molecule has 2 heterocycles. The second-order valence-corrected chi connectivity index (χ2v) is 7.31. The van der Waals surface area contributed by atoms with Gasteiger partial charge in [0.05, 0.1) is 4.88 Å². The summed E-state index contributed by atoms with van der Waals surface area (Å²) in [5, 5.41) is 9.27. The molecular formula is C17H22N4O2S. The molecule has 2 aromatic rings. The number of anilines is 1. The maximum Gasteiger partial charge on any atom is 0.290 e. The number of amides is 1. The van der Waals surface area contributed by atoms with Crippen molar-refractivity contribution in [2.24, 2.45) is 5.92 Å². The van der Waals surface area contributed by atoms with E-state index in [1.54, 1.807) is 6.07 Å². The highest BCUT2D eigenvalue weighted by atomic mass is 32.1. The molecule has 1 fully saturated rings. The minimum absolute atomic E-state index is 0.104. The van der Waals surface area contributed by atoms with E-state index in [0.29, 0.717) is 11.6 Å². The Kier molecular flexibility index (Phi) is 4.99.